The summed E-state index contributed by atoms with van der Waals surface area (Å²) < 4.78 is 11.3. The predicted molar refractivity (Wildman–Crippen MR) is 87.1 cm³/mol. The van der Waals surface area contributed by atoms with Crippen LogP contribution in [0.2, 0.25) is 5.02 Å². The zero-order valence-electron chi connectivity index (χ0n) is 12.4. The number of rotatable bonds is 6. The summed E-state index contributed by atoms with van der Waals surface area (Å²) in [6, 6.07) is 11.7. The highest BCUT2D eigenvalue weighted by Gasteiger charge is 2.10. The van der Waals surface area contributed by atoms with Crippen LogP contribution in [0.4, 0.5) is 0 Å². The van der Waals surface area contributed by atoms with Crippen molar-refractivity contribution in [2.24, 2.45) is 5.73 Å². The van der Waals surface area contributed by atoms with E-state index in [0.717, 1.165) is 28.2 Å². The summed E-state index contributed by atoms with van der Waals surface area (Å²) in [4.78, 5) is 0. The average molecular weight is 306 g/mol. The van der Waals surface area contributed by atoms with Crippen molar-refractivity contribution in [3.8, 4) is 22.6 Å². The first kappa shape index (κ1) is 15.7. The molecule has 0 atom stereocenters. The summed E-state index contributed by atoms with van der Waals surface area (Å²) in [7, 11) is 0. The van der Waals surface area contributed by atoms with E-state index >= 15 is 0 Å². The lowest BCUT2D eigenvalue weighted by Crippen LogP contribution is -2.01. The fourth-order valence-electron chi connectivity index (χ4n) is 2.23. The fraction of sp³-hybridized carbons (Fsp3) is 0.294. The molecule has 4 heteroatoms. The number of hydrogen-bond donors (Lipinski definition) is 1. The Morgan fingerprint density at radius 1 is 0.952 bits per heavy atom. The van der Waals surface area contributed by atoms with Crippen LogP contribution in [-0.2, 0) is 6.54 Å². The molecule has 0 spiro atoms. The maximum atomic E-state index is 6.03. The lowest BCUT2D eigenvalue weighted by Gasteiger charge is -2.14. The van der Waals surface area contributed by atoms with Crippen LogP contribution in [0.5, 0.6) is 11.5 Å². The summed E-state index contributed by atoms with van der Waals surface area (Å²) in [5.41, 5.74) is 8.93. The first-order chi connectivity index (χ1) is 10.2. The molecule has 0 unspecified atom stereocenters. The van der Waals surface area contributed by atoms with E-state index in [9.17, 15) is 0 Å². The zero-order valence-corrected chi connectivity index (χ0v) is 13.1. The molecule has 3 nitrogen and oxygen atoms in total. The van der Waals surface area contributed by atoms with E-state index in [1.165, 1.54) is 0 Å². The first-order valence-corrected chi connectivity index (χ1v) is 7.45. The summed E-state index contributed by atoms with van der Waals surface area (Å²) in [6.45, 7) is 5.54. The van der Waals surface area contributed by atoms with Crippen molar-refractivity contribution >= 4 is 11.6 Å². The molecule has 2 N–H and O–H groups in total. The molecule has 0 fully saturated rings. The lowest BCUT2D eigenvalue weighted by atomic mass is 9.99. The smallest absolute Gasteiger partial charge is 0.161 e. The van der Waals surface area contributed by atoms with Crippen LogP contribution in [0, 0.1) is 0 Å². The standard InChI is InChI=1S/C17H20ClNO2/c1-3-20-16-8-5-12(10-17(16)21-4-2)15-7-6-14(18)9-13(15)11-19/h5-10H,3-4,11,19H2,1-2H3. The van der Waals surface area contributed by atoms with Crippen LogP contribution in [0.1, 0.15) is 19.4 Å². The Labute approximate surface area is 130 Å². The van der Waals surface area contributed by atoms with Gasteiger partial charge < -0.3 is 15.2 Å². The molecule has 2 aromatic carbocycles. The second-order valence-electron chi connectivity index (χ2n) is 4.53. The lowest BCUT2D eigenvalue weighted by molar-refractivity contribution is 0.288. The molecule has 0 heterocycles. The second kappa shape index (κ2) is 7.34. The molecule has 0 aromatic heterocycles. The number of benzene rings is 2. The van der Waals surface area contributed by atoms with Gasteiger partial charge in [-0.05, 0) is 54.8 Å². The van der Waals surface area contributed by atoms with Gasteiger partial charge >= 0.3 is 0 Å². The highest BCUT2D eigenvalue weighted by atomic mass is 35.5. The Morgan fingerprint density at radius 2 is 1.67 bits per heavy atom. The number of hydrogen-bond acceptors (Lipinski definition) is 3. The number of halogens is 1. The Hall–Kier alpha value is -1.71. The van der Waals surface area contributed by atoms with Crippen molar-refractivity contribution in [3.63, 3.8) is 0 Å². The SMILES string of the molecule is CCOc1ccc(-c2ccc(Cl)cc2CN)cc1OCC. The molecule has 0 aliphatic heterocycles. The monoisotopic (exact) mass is 305 g/mol. The molecule has 0 aliphatic rings. The zero-order chi connectivity index (χ0) is 15.2. The van der Waals surface area contributed by atoms with Gasteiger partial charge in [0.1, 0.15) is 0 Å². The van der Waals surface area contributed by atoms with Gasteiger partial charge in [-0.2, -0.15) is 0 Å². The highest BCUT2D eigenvalue weighted by molar-refractivity contribution is 6.30. The molecule has 112 valence electrons. The average Bonchev–Trinajstić information content (AvgIpc) is 2.49. The van der Waals surface area contributed by atoms with Crippen molar-refractivity contribution in [3.05, 3.63) is 47.0 Å². The van der Waals surface area contributed by atoms with E-state index in [4.69, 9.17) is 26.8 Å². The van der Waals surface area contributed by atoms with E-state index in [0.29, 0.717) is 24.8 Å². The van der Waals surface area contributed by atoms with Gasteiger partial charge in [-0.1, -0.05) is 23.7 Å². The van der Waals surface area contributed by atoms with Gasteiger partial charge in [0, 0.05) is 11.6 Å². The van der Waals surface area contributed by atoms with Crippen molar-refractivity contribution in [2.45, 2.75) is 20.4 Å². The maximum Gasteiger partial charge on any atom is 0.161 e. The minimum Gasteiger partial charge on any atom is -0.490 e. The number of nitrogens with two attached hydrogens (primary N) is 1. The van der Waals surface area contributed by atoms with Crippen LogP contribution in [0.25, 0.3) is 11.1 Å². The third-order valence-corrected chi connectivity index (χ3v) is 3.38. The quantitative estimate of drug-likeness (QED) is 0.867. The van der Waals surface area contributed by atoms with Crippen LogP contribution < -0.4 is 15.2 Å². The molecule has 0 saturated heterocycles. The van der Waals surface area contributed by atoms with E-state index in [2.05, 4.69) is 0 Å². The molecule has 2 aromatic rings. The third-order valence-electron chi connectivity index (χ3n) is 3.14. The minimum absolute atomic E-state index is 0.438. The molecular formula is C17H20ClNO2. The molecule has 2 rings (SSSR count). The molecule has 0 bridgehead atoms. The van der Waals surface area contributed by atoms with Crippen LogP contribution >= 0.6 is 11.6 Å². The summed E-state index contributed by atoms with van der Waals surface area (Å²) in [5, 5.41) is 0.690. The van der Waals surface area contributed by atoms with Crippen molar-refractivity contribution in [2.75, 3.05) is 13.2 Å². The fourth-order valence-corrected chi connectivity index (χ4v) is 2.43. The van der Waals surface area contributed by atoms with Crippen molar-refractivity contribution < 1.29 is 9.47 Å². The van der Waals surface area contributed by atoms with Crippen LogP contribution in [0.15, 0.2) is 36.4 Å². The Balaban J connectivity index is 2.47. The summed E-state index contributed by atoms with van der Waals surface area (Å²) in [6.07, 6.45) is 0. The van der Waals surface area contributed by atoms with Gasteiger partial charge in [-0.3, -0.25) is 0 Å². The van der Waals surface area contributed by atoms with Gasteiger partial charge in [0.2, 0.25) is 0 Å². The van der Waals surface area contributed by atoms with E-state index in [1.807, 2.05) is 50.2 Å². The van der Waals surface area contributed by atoms with E-state index < -0.39 is 0 Å². The van der Waals surface area contributed by atoms with Crippen LogP contribution in [-0.4, -0.2) is 13.2 Å². The van der Waals surface area contributed by atoms with Gasteiger partial charge in [0.15, 0.2) is 11.5 Å². The normalized spacial score (nSPS) is 10.5. The molecule has 0 saturated carbocycles. The van der Waals surface area contributed by atoms with Gasteiger partial charge in [-0.15, -0.1) is 0 Å². The highest BCUT2D eigenvalue weighted by Crippen LogP contribution is 2.34. The first-order valence-electron chi connectivity index (χ1n) is 7.08. The predicted octanol–water partition coefficient (Wildman–Crippen LogP) is 4.26. The van der Waals surface area contributed by atoms with E-state index in [1.54, 1.807) is 0 Å². The molecular weight excluding hydrogens is 286 g/mol. The molecule has 0 amide bonds. The summed E-state index contributed by atoms with van der Waals surface area (Å²) in [5.74, 6) is 1.50. The van der Waals surface area contributed by atoms with Gasteiger partial charge in [0.25, 0.3) is 0 Å². The molecule has 21 heavy (non-hydrogen) atoms. The second-order valence-corrected chi connectivity index (χ2v) is 4.97. The third kappa shape index (κ3) is 3.69. The van der Waals surface area contributed by atoms with Crippen molar-refractivity contribution in [1.29, 1.82) is 0 Å². The van der Waals surface area contributed by atoms with Crippen LogP contribution in [0.3, 0.4) is 0 Å². The largest absolute Gasteiger partial charge is 0.490 e. The number of ether oxygens (including phenoxy) is 2. The Morgan fingerprint density at radius 3 is 2.33 bits per heavy atom. The maximum absolute atomic E-state index is 6.03. The Kier molecular flexibility index (Phi) is 5.48. The van der Waals surface area contributed by atoms with E-state index in [-0.39, 0.29) is 0 Å². The topological polar surface area (TPSA) is 44.5 Å². The van der Waals surface area contributed by atoms with Gasteiger partial charge in [-0.25, -0.2) is 0 Å². The van der Waals surface area contributed by atoms with Gasteiger partial charge in [0.05, 0.1) is 13.2 Å². The summed E-state index contributed by atoms with van der Waals surface area (Å²) >= 11 is 6.03. The Bertz CT molecular complexity index is 614. The molecule has 0 aliphatic carbocycles. The molecule has 0 radical (unpaired) electrons. The van der Waals surface area contributed by atoms with Crippen molar-refractivity contribution in [1.82, 2.24) is 0 Å². The minimum atomic E-state index is 0.438.